The lowest BCUT2D eigenvalue weighted by atomic mass is 10.1. The van der Waals surface area contributed by atoms with Gasteiger partial charge in [0, 0.05) is 18.1 Å². The number of anilines is 2. The fraction of sp³-hybridized carbons (Fsp3) is 0.185. The Morgan fingerprint density at radius 3 is 2.24 bits per heavy atom. The molecule has 3 N–H and O–H groups in total. The number of carbonyl (C=O) groups is 2. The fourth-order valence-corrected chi connectivity index (χ4v) is 4.35. The van der Waals surface area contributed by atoms with Gasteiger partial charge < -0.3 is 24.8 Å². The highest BCUT2D eigenvalue weighted by atomic mass is 32.1. The molecule has 0 aliphatic carbocycles. The Labute approximate surface area is 224 Å². The van der Waals surface area contributed by atoms with Crippen LogP contribution in [0.3, 0.4) is 0 Å². The molecule has 1 atom stereocenters. The van der Waals surface area contributed by atoms with Gasteiger partial charge in [-0.1, -0.05) is 41.7 Å². The number of hydrogen-bond acceptors (Lipinski definition) is 8. The van der Waals surface area contributed by atoms with E-state index in [4.69, 9.17) is 14.2 Å². The highest BCUT2D eigenvalue weighted by Crippen LogP contribution is 2.29. The van der Waals surface area contributed by atoms with Crippen molar-refractivity contribution in [2.45, 2.75) is 12.5 Å². The number of urea groups is 1. The van der Waals surface area contributed by atoms with Crippen LogP contribution in [-0.2, 0) is 11.2 Å². The normalized spacial score (nSPS) is 11.2. The standard InChI is InChI=1S/C27H27N5O5S/c1-35-19-11-9-18(10-12-19)25-31-32-27(38-25)30-24(33)22(15-17-7-5-4-6-8-17)29-26(34)28-21-14-13-20(36-2)16-23(21)37-3/h4-14,16,22H,15H2,1-3H3,(H2,28,29,34)(H,30,32,33)/t22-/m0/s1. The maximum Gasteiger partial charge on any atom is 0.320 e. The van der Waals surface area contributed by atoms with Gasteiger partial charge in [-0.15, -0.1) is 10.2 Å². The van der Waals surface area contributed by atoms with Crippen LogP contribution in [0, 0.1) is 0 Å². The highest BCUT2D eigenvalue weighted by Gasteiger charge is 2.23. The van der Waals surface area contributed by atoms with Gasteiger partial charge in [0.15, 0.2) is 0 Å². The minimum atomic E-state index is -0.894. The first kappa shape index (κ1) is 26.4. The van der Waals surface area contributed by atoms with E-state index >= 15 is 0 Å². The summed E-state index contributed by atoms with van der Waals surface area (Å²) in [6, 6.07) is 20.3. The number of nitrogens with one attached hydrogen (secondary N) is 3. The summed E-state index contributed by atoms with van der Waals surface area (Å²) in [6.45, 7) is 0. The predicted molar refractivity (Wildman–Crippen MR) is 146 cm³/mol. The third-order valence-corrected chi connectivity index (χ3v) is 6.44. The zero-order valence-electron chi connectivity index (χ0n) is 21.1. The summed E-state index contributed by atoms with van der Waals surface area (Å²) in [4.78, 5) is 26.2. The zero-order valence-corrected chi connectivity index (χ0v) is 21.9. The van der Waals surface area contributed by atoms with Crippen molar-refractivity contribution < 1.29 is 23.8 Å². The van der Waals surface area contributed by atoms with Crippen molar-refractivity contribution in [2.24, 2.45) is 0 Å². The molecule has 196 valence electrons. The molecule has 1 aromatic heterocycles. The summed E-state index contributed by atoms with van der Waals surface area (Å²) in [7, 11) is 4.63. The van der Waals surface area contributed by atoms with E-state index in [-0.39, 0.29) is 6.42 Å². The quantitative estimate of drug-likeness (QED) is 0.272. The monoisotopic (exact) mass is 533 g/mol. The first-order chi connectivity index (χ1) is 18.5. The van der Waals surface area contributed by atoms with E-state index in [0.29, 0.717) is 27.3 Å². The Morgan fingerprint density at radius 1 is 0.842 bits per heavy atom. The van der Waals surface area contributed by atoms with Crippen LogP contribution in [0.25, 0.3) is 10.6 Å². The zero-order chi connectivity index (χ0) is 26.9. The van der Waals surface area contributed by atoms with Crippen LogP contribution in [0.15, 0.2) is 72.8 Å². The molecule has 38 heavy (non-hydrogen) atoms. The molecule has 11 heteroatoms. The molecule has 1 heterocycles. The molecule has 0 aliphatic rings. The molecule has 3 aromatic carbocycles. The summed E-state index contributed by atoms with van der Waals surface area (Å²) < 4.78 is 15.7. The number of nitrogens with zero attached hydrogens (tertiary/aromatic N) is 2. The topological polar surface area (TPSA) is 124 Å². The van der Waals surface area contributed by atoms with E-state index in [1.54, 1.807) is 32.4 Å². The van der Waals surface area contributed by atoms with E-state index in [0.717, 1.165) is 16.9 Å². The summed E-state index contributed by atoms with van der Waals surface area (Å²) >= 11 is 1.23. The van der Waals surface area contributed by atoms with Gasteiger partial charge in [-0.3, -0.25) is 10.1 Å². The molecule has 0 saturated carbocycles. The lowest BCUT2D eigenvalue weighted by Crippen LogP contribution is -2.47. The average molecular weight is 534 g/mol. The van der Waals surface area contributed by atoms with Gasteiger partial charge in [-0.05, 0) is 42.0 Å². The van der Waals surface area contributed by atoms with Crippen molar-refractivity contribution >= 4 is 34.1 Å². The van der Waals surface area contributed by atoms with E-state index in [1.807, 2.05) is 54.6 Å². The Balaban J connectivity index is 1.48. The minimum Gasteiger partial charge on any atom is -0.497 e. The Hall–Kier alpha value is -4.64. The van der Waals surface area contributed by atoms with Crippen LogP contribution in [-0.4, -0.2) is 49.5 Å². The number of rotatable bonds is 10. The molecule has 0 saturated heterocycles. The lowest BCUT2D eigenvalue weighted by Gasteiger charge is -2.19. The van der Waals surface area contributed by atoms with Crippen LogP contribution < -0.4 is 30.2 Å². The summed E-state index contributed by atoms with van der Waals surface area (Å²) in [5, 5.41) is 17.5. The van der Waals surface area contributed by atoms with Crippen LogP contribution in [0.2, 0.25) is 0 Å². The summed E-state index contributed by atoms with van der Waals surface area (Å²) in [5.74, 6) is 1.30. The Morgan fingerprint density at radius 2 is 1.55 bits per heavy atom. The predicted octanol–water partition coefficient (Wildman–Crippen LogP) is 4.60. The summed E-state index contributed by atoms with van der Waals surface area (Å²) in [6.07, 6.45) is 0.268. The number of ether oxygens (including phenoxy) is 3. The smallest absolute Gasteiger partial charge is 0.320 e. The maximum atomic E-state index is 13.3. The number of hydrogen-bond donors (Lipinski definition) is 3. The SMILES string of the molecule is COc1ccc(-c2nnc(NC(=O)[C@H](Cc3ccccc3)NC(=O)Nc3ccc(OC)cc3OC)s2)cc1. The molecule has 0 bridgehead atoms. The van der Waals surface area contributed by atoms with Gasteiger partial charge in [-0.25, -0.2) is 4.79 Å². The van der Waals surface area contributed by atoms with Crippen molar-refractivity contribution in [1.29, 1.82) is 0 Å². The Kier molecular flexibility index (Phi) is 8.73. The average Bonchev–Trinajstić information content (AvgIpc) is 3.41. The van der Waals surface area contributed by atoms with Gasteiger partial charge in [0.2, 0.25) is 11.0 Å². The first-order valence-corrected chi connectivity index (χ1v) is 12.4. The molecular weight excluding hydrogens is 506 g/mol. The molecule has 3 amide bonds. The van der Waals surface area contributed by atoms with Crippen molar-refractivity contribution in [3.8, 4) is 27.8 Å². The van der Waals surface area contributed by atoms with Crippen LogP contribution in [0.1, 0.15) is 5.56 Å². The number of methoxy groups -OCH3 is 3. The number of amides is 3. The number of aromatic nitrogens is 2. The molecular formula is C27H27N5O5S. The molecule has 0 unspecified atom stereocenters. The highest BCUT2D eigenvalue weighted by molar-refractivity contribution is 7.18. The minimum absolute atomic E-state index is 0.268. The van der Waals surface area contributed by atoms with Gasteiger partial charge in [0.25, 0.3) is 0 Å². The third-order valence-electron chi connectivity index (χ3n) is 5.55. The Bertz CT molecular complexity index is 1380. The van der Waals surface area contributed by atoms with Gasteiger partial charge >= 0.3 is 6.03 Å². The van der Waals surface area contributed by atoms with Crippen LogP contribution in [0.4, 0.5) is 15.6 Å². The molecule has 4 aromatic rings. The van der Waals surface area contributed by atoms with Crippen molar-refractivity contribution in [3.05, 3.63) is 78.4 Å². The summed E-state index contributed by atoms with van der Waals surface area (Å²) in [5.41, 5.74) is 2.15. The van der Waals surface area contributed by atoms with E-state index < -0.39 is 18.0 Å². The number of carbonyl (C=O) groups excluding carboxylic acids is 2. The van der Waals surface area contributed by atoms with Crippen LogP contribution in [0.5, 0.6) is 17.2 Å². The third kappa shape index (κ3) is 6.77. The second-order valence-corrected chi connectivity index (χ2v) is 9.01. The van der Waals surface area contributed by atoms with Crippen molar-refractivity contribution in [1.82, 2.24) is 15.5 Å². The molecule has 0 spiro atoms. The molecule has 4 rings (SSSR count). The number of benzene rings is 3. The first-order valence-electron chi connectivity index (χ1n) is 11.6. The van der Waals surface area contributed by atoms with Crippen LogP contribution >= 0.6 is 11.3 Å². The second kappa shape index (κ2) is 12.5. The van der Waals surface area contributed by atoms with Crippen molar-refractivity contribution in [3.63, 3.8) is 0 Å². The second-order valence-electron chi connectivity index (χ2n) is 8.04. The fourth-order valence-electron chi connectivity index (χ4n) is 3.59. The van der Waals surface area contributed by atoms with Crippen molar-refractivity contribution in [2.75, 3.05) is 32.0 Å². The molecule has 10 nitrogen and oxygen atoms in total. The molecule has 0 fully saturated rings. The lowest BCUT2D eigenvalue weighted by molar-refractivity contribution is -0.117. The molecule has 0 aliphatic heterocycles. The van der Waals surface area contributed by atoms with E-state index in [2.05, 4.69) is 26.1 Å². The molecule has 0 radical (unpaired) electrons. The van der Waals surface area contributed by atoms with Gasteiger partial charge in [-0.2, -0.15) is 0 Å². The van der Waals surface area contributed by atoms with E-state index in [1.165, 1.54) is 18.4 Å². The van der Waals surface area contributed by atoms with Gasteiger partial charge in [0.1, 0.15) is 28.3 Å². The largest absolute Gasteiger partial charge is 0.497 e. The van der Waals surface area contributed by atoms with Gasteiger partial charge in [0.05, 0.1) is 27.0 Å². The maximum absolute atomic E-state index is 13.3. The van der Waals surface area contributed by atoms with E-state index in [9.17, 15) is 9.59 Å².